The molecule has 2 N–H and O–H groups in total. The molecule has 1 aromatic carbocycles. The number of carbonyl (C=O) groups is 1. The number of nitrogens with zero attached hydrogens (tertiary/aromatic N) is 1. The van der Waals surface area contributed by atoms with Crippen LogP contribution >= 0.6 is 0 Å². The van der Waals surface area contributed by atoms with Gasteiger partial charge in [0.1, 0.15) is 11.6 Å². The number of benzene rings is 1. The van der Waals surface area contributed by atoms with E-state index in [2.05, 4.69) is 36.6 Å². The Kier molecular flexibility index (Phi) is 6.21. The van der Waals surface area contributed by atoms with Crippen LogP contribution in [-0.2, 0) is 11.2 Å². The molecule has 2 fully saturated rings. The molecule has 27 heavy (non-hydrogen) atoms. The average Bonchev–Trinajstić information content (AvgIpc) is 3.32. The van der Waals surface area contributed by atoms with Crippen LogP contribution in [0.1, 0.15) is 63.6 Å². The number of fused-ring (bicyclic) bond motifs is 2. The molecule has 0 aromatic heterocycles. The Bertz CT molecular complexity index is 731. The van der Waals surface area contributed by atoms with E-state index in [0.29, 0.717) is 12.0 Å². The van der Waals surface area contributed by atoms with Crippen molar-refractivity contribution in [2.75, 3.05) is 0 Å². The highest BCUT2D eigenvalue weighted by Crippen LogP contribution is 2.49. The molecule has 0 aliphatic heterocycles. The van der Waals surface area contributed by atoms with Gasteiger partial charge in [0, 0.05) is 12.2 Å². The van der Waals surface area contributed by atoms with Gasteiger partial charge in [-0.25, -0.2) is 0 Å². The molecule has 2 saturated carbocycles. The standard InChI is InChI=1S/C23H31N3O/c1-4-17-5-8-19(9-6-17)15(2)26-23(27)21(13-24)14-25-16(3)22-12-18-7-10-20(22)11-18/h5-6,8-9,14-16,18,20,22,25H,4,7,10-12H2,1-3H3,(H,26,27)/b21-14-. The quantitative estimate of drug-likeness (QED) is 0.561. The van der Waals surface area contributed by atoms with Crippen molar-refractivity contribution >= 4 is 5.91 Å². The minimum atomic E-state index is -0.322. The maximum atomic E-state index is 12.5. The van der Waals surface area contributed by atoms with Gasteiger partial charge in [0.2, 0.25) is 0 Å². The molecule has 1 aromatic rings. The van der Waals surface area contributed by atoms with Crippen molar-refractivity contribution in [2.45, 2.75) is 65.0 Å². The van der Waals surface area contributed by atoms with Gasteiger partial charge in [-0.2, -0.15) is 5.26 Å². The normalized spacial score (nSPS) is 26.3. The van der Waals surface area contributed by atoms with Crippen LogP contribution in [0.25, 0.3) is 0 Å². The SMILES string of the molecule is CCc1ccc(C(C)NC(=O)/C(C#N)=C\NC(C)C2CC3CCC2C3)cc1. The molecular formula is C23H31N3O. The smallest absolute Gasteiger partial charge is 0.263 e. The average molecular weight is 366 g/mol. The maximum absolute atomic E-state index is 12.5. The number of carbonyl (C=O) groups excluding carboxylic acids is 1. The van der Waals surface area contributed by atoms with Crippen molar-refractivity contribution in [3.05, 3.63) is 47.2 Å². The summed E-state index contributed by atoms with van der Waals surface area (Å²) < 4.78 is 0. The third kappa shape index (κ3) is 4.53. The largest absolute Gasteiger partial charge is 0.387 e. The van der Waals surface area contributed by atoms with Crippen molar-refractivity contribution in [1.82, 2.24) is 10.6 Å². The topological polar surface area (TPSA) is 64.9 Å². The van der Waals surface area contributed by atoms with Crippen molar-refractivity contribution in [3.8, 4) is 6.07 Å². The Morgan fingerprint density at radius 3 is 2.56 bits per heavy atom. The van der Waals surface area contributed by atoms with E-state index in [1.165, 1.54) is 31.2 Å². The Hall–Kier alpha value is -2.28. The molecule has 5 unspecified atom stereocenters. The number of hydrogen-bond donors (Lipinski definition) is 2. The van der Waals surface area contributed by atoms with Crippen LogP contribution in [0.15, 0.2) is 36.0 Å². The lowest BCUT2D eigenvalue weighted by Crippen LogP contribution is -2.34. The summed E-state index contributed by atoms with van der Waals surface area (Å²) in [5, 5.41) is 15.7. The van der Waals surface area contributed by atoms with Crippen LogP contribution in [-0.4, -0.2) is 11.9 Å². The van der Waals surface area contributed by atoms with Crippen molar-refractivity contribution in [3.63, 3.8) is 0 Å². The lowest BCUT2D eigenvalue weighted by Gasteiger charge is -2.28. The van der Waals surface area contributed by atoms with Gasteiger partial charge < -0.3 is 10.6 Å². The summed E-state index contributed by atoms with van der Waals surface area (Å²) in [5.74, 6) is 2.06. The minimum absolute atomic E-state index is 0.136. The lowest BCUT2D eigenvalue weighted by molar-refractivity contribution is -0.117. The summed E-state index contributed by atoms with van der Waals surface area (Å²) in [4.78, 5) is 12.5. The van der Waals surface area contributed by atoms with Crippen molar-refractivity contribution < 1.29 is 4.79 Å². The van der Waals surface area contributed by atoms with E-state index in [9.17, 15) is 10.1 Å². The number of aryl methyl sites for hydroxylation is 1. The Balaban J connectivity index is 1.56. The molecular weight excluding hydrogens is 334 g/mol. The van der Waals surface area contributed by atoms with Gasteiger partial charge in [-0.05, 0) is 68.4 Å². The molecule has 2 aliphatic rings. The third-order valence-corrected chi connectivity index (χ3v) is 6.53. The van der Waals surface area contributed by atoms with E-state index in [-0.39, 0.29) is 17.5 Å². The first-order valence-electron chi connectivity index (χ1n) is 10.3. The molecule has 2 aliphatic carbocycles. The van der Waals surface area contributed by atoms with Crippen LogP contribution in [0.5, 0.6) is 0 Å². The summed E-state index contributed by atoms with van der Waals surface area (Å²) in [6.45, 7) is 6.24. The van der Waals surface area contributed by atoms with Crippen LogP contribution in [0.3, 0.4) is 0 Å². The number of amides is 1. The molecule has 2 bridgehead atoms. The molecule has 0 saturated heterocycles. The van der Waals surface area contributed by atoms with Gasteiger partial charge in [-0.15, -0.1) is 0 Å². The molecule has 4 heteroatoms. The summed E-state index contributed by atoms with van der Waals surface area (Å²) >= 11 is 0. The van der Waals surface area contributed by atoms with E-state index in [1.54, 1.807) is 6.20 Å². The number of hydrogen-bond acceptors (Lipinski definition) is 3. The zero-order valence-electron chi connectivity index (χ0n) is 16.7. The predicted molar refractivity (Wildman–Crippen MR) is 108 cm³/mol. The zero-order valence-corrected chi connectivity index (χ0v) is 16.7. The molecule has 0 radical (unpaired) electrons. The first-order valence-corrected chi connectivity index (χ1v) is 10.3. The minimum Gasteiger partial charge on any atom is -0.387 e. The maximum Gasteiger partial charge on any atom is 0.263 e. The molecule has 0 spiro atoms. The molecule has 4 nitrogen and oxygen atoms in total. The van der Waals surface area contributed by atoms with Gasteiger partial charge in [-0.1, -0.05) is 37.6 Å². The number of nitrogens with one attached hydrogen (secondary N) is 2. The van der Waals surface area contributed by atoms with E-state index in [4.69, 9.17) is 0 Å². The summed E-state index contributed by atoms with van der Waals surface area (Å²) in [6, 6.07) is 10.4. The summed E-state index contributed by atoms with van der Waals surface area (Å²) in [6.07, 6.45) is 7.97. The second kappa shape index (κ2) is 8.61. The van der Waals surface area contributed by atoms with Crippen LogP contribution < -0.4 is 10.6 Å². The fourth-order valence-corrected chi connectivity index (χ4v) is 4.79. The summed E-state index contributed by atoms with van der Waals surface area (Å²) in [7, 11) is 0. The first kappa shape index (κ1) is 19.5. The van der Waals surface area contributed by atoms with Gasteiger partial charge >= 0.3 is 0 Å². The van der Waals surface area contributed by atoms with E-state index in [0.717, 1.165) is 23.8 Å². The fraction of sp³-hybridized carbons (Fsp3) is 0.565. The number of nitriles is 1. The second-order valence-corrected chi connectivity index (χ2v) is 8.25. The molecule has 144 valence electrons. The Morgan fingerprint density at radius 2 is 2.00 bits per heavy atom. The highest BCUT2D eigenvalue weighted by atomic mass is 16.1. The summed E-state index contributed by atoms with van der Waals surface area (Å²) in [5.41, 5.74) is 2.46. The highest BCUT2D eigenvalue weighted by Gasteiger charge is 2.41. The highest BCUT2D eigenvalue weighted by molar-refractivity contribution is 5.97. The van der Waals surface area contributed by atoms with Gasteiger partial charge in [-0.3, -0.25) is 4.79 Å². The van der Waals surface area contributed by atoms with Gasteiger partial charge in [0.05, 0.1) is 6.04 Å². The molecule has 1 amide bonds. The van der Waals surface area contributed by atoms with Gasteiger partial charge in [0.25, 0.3) is 5.91 Å². The van der Waals surface area contributed by atoms with Gasteiger partial charge in [0.15, 0.2) is 0 Å². The van der Waals surface area contributed by atoms with E-state index >= 15 is 0 Å². The Labute approximate surface area is 163 Å². The predicted octanol–water partition coefficient (Wildman–Crippen LogP) is 4.25. The Morgan fingerprint density at radius 1 is 1.26 bits per heavy atom. The zero-order chi connectivity index (χ0) is 19.4. The molecule has 0 heterocycles. The third-order valence-electron chi connectivity index (χ3n) is 6.53. The second-order valence-electron chi connectivity index (χ2n) is 8.25. The van der Waals surface area contributed by atoms with Crippen molar-refractivity contribution in [2.24, 2.45) is 17.8 Å². The number of rotatable bonds is 7. The lowest BCUT2D eigenvalue weighted by atomic mass is 9.84. The first-order chi connectivity index (χ1) is 13.0. The molecule has 5 atom stereocenters. The van der Waals surface area contributed by atoms with E-state index < -0.39 is 0 Å². The molecule has 3 rings (SSSR count). The van der Waals surface area contributed by atoms with Crippen molar-refractivity contribution in [1.29, 1.82) is 5.26 Å². The fourth-order valence-electron chi connectivity index (χ4n) is 4.79. The van der Waals surface area contributed by atoms with Crippen LogP contribution in [0.4, 0.5) is 0 Å². The van der Waals surface area contributed by atoms with E-state index in [1.807, 2.05) is 25.1 Å². The monoisotopic (exact) mass is 365 g/mol. The van der Waals surface area contributed by atoms with Crippen LogP contribution in [0, 0.1) is 29.1 Å². The van der Waals surface area contributed by atoms with Crippen LogP contribution in [0.2, 0.25) is 0 Å².